The van der Waals surface area contributed by atoms with E-state index in [9.17, 15) is 0 Å². The molecule has 2 radical (unpaired) electrons. The number of furan rings is 1. The Labute approximate surface area is 43.0 Å². The first-order valence-electron chi connectivity index (χ1n) is 2.09. The van der Waals surface area contributed by atoms with Crippen molar-refractivity contribution >= 4 is 0 Å². The molecule has 0 aliphatic carbocycles. The fraction of sp³-hybridized carbons (Fsp3) is 0.167. The normalized spacial score (nSPS) is 9.43. The van der Waals surface area contributed by atoms with Crippen LogP contribution in [0.4, 0.5) is 0 Å². The monoisotopic (exact) mass is 94.0 g/mol. The predicted molar refractivity (Wildman–Crippen MR) is 26.8 cm³/mol. The second-order valence-electron chi connectivity index (χ2n) is 1.49. The van der Waals surface area contributed by atoms with Gasteiger partial charge in [0.15, 0.2) is 0 Å². The molecule has 0 spiro atoms. The molecule has 1 rings (SSSR count). The van der Waals surface area contributed by atoms with Gasteiger partial charge in [0, 0.05) is 6.92 Å². The highest BCUT2D eigenvalue weighted by atomic mass is 16.3. The SMILES string of the molecule is [CH]c1coc(C)c1. The maximum Gasteiger partial charge on any atom is 0.100 e. The zero-order valence-electron chi connectivity index (χ0n) is 4.14. The van der Waals surface area contributed by atoms with E-state index in [2.05, 4.69) is 0 Å². The van der Waals surface area contributed by atoms with E-state index < -0.39 is 0 Å². The molecular weight excluding hydrogens is 88.1 g/mol. The average Bonchev–Trinajstić information content (AvgIpc) is 1.87. The third kappa shape index (κ3) is 0.829. The Morgan fingerprint density at radius 1 is 1.71 bits per heavy atom. The fourth-order valence-electron chi connectivity index (χ4n) is 0.464. The van der Waals surface area contributed by atoms with Crippen molar-refractivity contribution in [3.05, 3.63) is 30.6 Å². The highest BCUT2D eigenvalue weighted by molar-refractivity contribution is 5.13. The van der Waals surface area contributed by atoms with Crippen LogP contribution < -0.4 is 0 Å². The standard InChI is InChI=1S/C6H6O/c1-5-3-6(2)7-4-5/h1,3-4H,2H3. The molecule has 1 nitrogen and oxygen atoms in total. The first-order valence-corrected chi connectivity index (χ1v) is 2.09. The first-order chi connectivity index (χ1) is 3.29. The van der Waals surface area contributed by atoms with E-state index in [0.717, 1.165) is 5.76 Å². The van der Waals surface area contributed by atoms with E-state index in [1.54, 1.807) is 6.07 Å². The molecular formula is C6H6O. The van der Waals surface area contributed by atoms with Gasteiger partial charge in [0.05, 0.1) is 6.26 Å². The molecule has 0 fully saturated rings. The summed E-state index contributed by atoms with van der Waals surface area (Å²) in [5, 5.41) is 0. The Bertz CT molecular complexity index is 136. The van der Waals surface area contributed by atoms with Gasteiger partial charge in [0.25, 0.3) is 0 Å². The van der Waals surface area contributed by atoms with Gasteiger partial charge in [-0.1, -0.05) is 0 Å². The molecule has 7 heavy (non-hydrogen) atoms. The molecule has 1 heterocycles. The molecule has 0 atom stereocenters. The molecule has 0 saturated carbocycles. The van der Waals surface area contributed by atoms with Crippen molar-refractivity contribution in [3.63, 3.8) is 0 Å². The third-order valence-electron chi connectivity index (χ3n) is 0.751. The summed E-state index contributed by atoms with van der Waals surface area (Å²) in [6.07, 6.45) is 1.52. The van der Waals surface area contributed by atoms with Crippen molar-refractivity contribution in [2.75, 3.05) is 0 Å². The van der Waals surface area contributed by atoms with E-state index in [-0.39, 0.29) is 0 Å². The number of hydrogen-bond donors (Lipinski definition) is 0. The van der Waals surface area contributed by atoms with Crippen molar-refractivity contribution in [2.45, 2.75) is 6.92 Å². The summed E-state index contributed by atoms with van der Waals surface area (Å²) in [5.74, 6) is 0.859. The van der Waals surface area contributed by atoms with Gasteiger partial charge in [-0.05, 0) is 18.6 Å². The van der Waals surface area contributed by atoms with Gasteiger partial charge in [0.2, 0.25) is 0 Å². The van der Waals surface area contributed by atoms with Crippen LogP contribution in [0, 0.1) is 13.8 Å². The summed E-state index contributed by atoms with van der Waals surface area (Å²) < 4.78 is 4.84. The van der Waals surface area contributed by atoms with Gasteiger partial charge in [-0.15, -0.1) is 0 Å². The lowest BCUT2D eigenvalue weighted by Gasteiger charge is -1.69. The van der Waals surface area contributed by atoms with Crippen LogP contribution in [0.15, 0.2) is 16.7 Å². The molecule has 0 aliphatic rings. The van der Waals surface area contributed by atoms with Crippen LogP contribution in [0.25, 0.3) is 0 Å². The fourth-order valence-corrected chi connectivity index (χ4v) is 0.464. The molecule has 0 aromatic carbocycles. The van der Waals surface area contributed by atoms with Crippen LogP contribution in [0.5, 0.6) is 0 Å². The van der Waals surface area contributed by atoms with Crippen LogP contribution in [-0.2, 0) is 0 Å². The van der Waals surface area contributed by atoms with Crippen molar-refractivity contribution < 1.29 is 4.42 Å². The van der Waals surface area contributed by atoms with Crippen molar-refractivity contribution in [3.8, 4) is 0 Å². The van der Waals surface area contributed by atoms with Crippen LogP contribution in [0.2, 0.25) is 0 Å². The number of hydrogen-bond acceptors (Lipinski definition) is 1. The zero-order valence-corrected chi connectivity index (χ0v) is 4.14. The minimum Gasteiger partial charge on any atom is -0.469 e. The highest BCUT2D eigenvalue weighted by Crippen LogP contribution is 2.02. The Kier molecular flexibility index (Phi) is 0.895. The van der Waals surface area contributed by atoms with Gasteiger partial charge < -0.3 is 4.42 Å². The summed E-state index contributed by atoms with van der Waals surface area (Å²) in [6, 6.07) is 1.78. The van der Waals surface area contributed by atoms with Gasteiger partial charge in [-0.25, -0.2) is 0 Å². The van der Waals surface area contributed by atoms with Gasteiger partial charge in [-0.2, -0.15) is 0 Å². The second kappa shape index (κ2) is 1.41. The molecule has 1 aromatic heterocycles. The third-order valence-corrected chi connectivity index (χ3v) is 0.751. The highest BCUT2D eigenvalue weighted by Gasteiger charge is 1.86. The Balaban J connectivity index is 3.04. The summed E-state index contributed by atoms with van der Waals surface area (Å²) >= 11 is 0. The lowest BCUT2D eigenvalue weighted by atomic mass is 10.4. The van der Waals surface area contributed by atoms with Gasteiger partial charge >= 0.3 is 0 Å². The molecule has 1 heteroatoms. The maximum atomic E-state index is 5.28. The number of aryl methyl sites for hydroxylation is 1. The van der Waals surface area contributed by atoms with E-state index in [4.69, 9.17) is 11.3 Å². The van der Waals surface area contributed by atoms with E-state index in [1.807, 2.05) is 6.92 Å². The van der Waals surface area contributed by atoms with Crippen LogP contribution in [0.3, 0.4) is 0 Å². The Hall–Kier alpha value is -0.720. The summed E-state index contributed by atoms with van der Waals surface area (Å²) in [7, 11) is 0. The average molecular weight is 94.1 g/mol. The van der Waals surface area contributed by atoms with Crippen LogP contribution in [0.1, 0.15) is 11.3 Å². The van der Waals surface area contributed by atoms with E-state index in [0.29, 0.717) is 5.56 Å². The zero-order chi connectivity index (χ0) is 5.28. The van der Waals surface area contributed by atoms with Gasteiger partial charge in [0.1, 0.15) is 5.76 Å². The molecule has 0 amide bonds. The van der Waals surface area contributed by atoms with E-state index >= 15 is 0 Å². The van der Waals surface area contributed by atoms with Crippen LogP contribution >= 0.6 is 0 Å². The summed E-state index contributed by atoms with van der Waals surface area (Å²) in [4.78, 5) is 0. The topological polar surface area (TPSA) is 13.1 Å². The lowest BCUT2D eigenvalue weighted by Crippen LogP contribution is -1.53. The Morgan fingerprint density at radius 2 is 2.43 bits per heavy atom. The molecule has 1 aromatic rings. The predicted octanol–water partition coefficient (Wildman–Crippen LogP) is 1.65. The molecule has 0 bridgehead atoms. The van der Waals surface area contributed by atoms with Gasteiger partial charge in [-0.3, -0.25) is 0 Å². The van der Waals surface area contributed by atoms with Crippen molar-refractivity contribution in [1.82, 2.24) is 0 Å². The first kappa shape index (κ1) is 4.44. The molecule has 0 saturated heterocycles. The molecule has 0 N–H and O–H groups in total. The summed E-state index contributed by atoms with van der Waals surface area (Å²) in [5.41, 5.74) is 0.692. The van der Waals surface area contributed by atoms with Crippen LogP contribution in [-0.4, -0.2) is 0 Å². The van der Waals surface area contributed by atoms with E-state index in [1.165, 1.54) is 6.26 Å². The molecule has 0 aliphatic heterocycles. The quantitative estimate of drug-likeness (QED) is 0.476. The number of rotatable bonds is 0. The molecule has 0 unspecified atom stereocenters. The minimum atomic E-state index is 0.692. The largest absolute Gasteiger partial charge is 0.469 e. The Morgan fingerprint density at radius 3 is 2.57 bits per heavy atom. The molecule has 36 valence electrons. The van der Waals surface area contributed by atoms with Crippen molar-refractivity contribution in [1.29, 1.82) is 0 Å². The minimum absolute atomic E-state index is 0.692. The van der Waals surface area contributed by atoms with Crippen molar-refractivity contribution in [2.24, 2.45) is 0 Å². The smallest absolute Gasteiger partial charge is 0.100 e. The lowest BCUT2D eigenvalue weighted by molar-refractivity contribution is 0.533. The maximum absolute atomic E-state index is 5.28. The second-order valence-corrected chi connectivity index (χ2v) is 1.49. The summed E-state index contributed by atoms with van der Waals surface area (Å²) in [6.45, 7) is 7.14.